The van der Waals surface area contributed by atoms with Crippen LogP contribution in [0.5, 0.6) is 5.75 Å². The minimum atomic E-state index is 0.481. The molecular formula is C14H17ClN4O. The van der Waals surface area contributed by atoms with Gasteiger partial charge in [0.2, 0.25) is 0 Å². The fourth-order valence-electron chi connectivity index (χ4n) is 1.94. The van der Waals surface area contributed by atoms with Crippen LogP contribution in [0, 0.1) is 6.92 Å². The van der Waals surface area contributed by atoms with Crippen LogP contribution in [-0.4, -0.2) is 17.1 Å². The molecule has 2 aromatic rings. The molecule has 5 nitrogen and oxygen atoms in total. The van der Waals surface area contributed by atoms with E-state index < -0.39 is 0 Å². The number of nitrogens with two attached hydrogens (primary N) is 1. The highest BCUT2D eigenvalue weighted by Gasteiger charge is 2.12. The maximum Gasteiger partial charge on any atom is 0.143 e. The number of halogens is 1. The first-order valence-electron chi connectivity index (χ1n) is 6.27. The fourth-order valence-corrected chi connectivity index (χ4v) is 2.09. The third-order valence-electron chi connectivity index (χ3n) is 3.07. The quantitative estimate of drug-likeness (QED) is 0.904. The third kappa shape index (κ3) is 2.77. The van der Waals surface area contributed by atoms with Crippen molar-refractivity contribution >= 4 is 28.9 Å². The van der Waals surface area contributed by atoms with Gasteiger partial charge in [-0.1, -0.05) is 18.5 Å². The highest BCUT2D eigenvalue weighted by atomic mass is 35.5. The van der Waals surface area contributed by atoms with Crippen LogP contribution in [0.15, 0.2) is 18.5 Å². The third-order valence-corrected chi connectivity index (χ3v) is 3.47. The van der Waals surface area contributed by atoms with Crippen LogP contribution in [0.3, 0.4) is 0 Å². The number of nitrogens with zero attached hydrogens (tertiary/aromatic N) is 2. The second kappa shape index (κ2) is 5.96. The van der Waals surface area contributed by atoms with E-state index in [9.17, 15) is 0 Å². The Morgan fingerprint density at radius 2 is 2.10 bits per heavy atom. The van der Waals surface area contributed by atoms with Gasteiger partial charge in [0.15, 0.2) is 0 Å². The van der Waals surface area contributed by atoms with Crippen molar-refractivity contribution in [1.29, 1.82) is 0 Å². The number of hydrogen-bond acceptors (Lipinski definition) is 5. The van der Waals surface area contributed by atoms with Crippen molar-refractivity contribution in [2.24, 2.45) is 0 Å². The summed E-state index contributed by atoms with van der Waals surface area (Å²) in [6, 6.07) is 3.69. The van der Waals surface area contributed by atoms with Crippen molar-refractivity contribution < 1.29 is 4.74 Å². The Morgan fingerprint density at radius 3 is 2.75 bits per heavy atom. The predicted molar refractivity (Wildman–Crippen MR) is 81.8 cm³/mol. The Balaban J connectivity index is 2.45. The van der Waals surface area contributed by atoms with E-state index in [1.165, 1.54) is 6.33 Å². The van der Waals surface area contributed by atoms with Gasteiger partial charge in [0.1, 0.15) is 23.7 Å². The van der Waals surface area contributed by atoms with Crippen LogP contribution in [0.2, 0.25) is 5.02 Å². The largest absolute Gasteiger partial charge is 0.495 e. The molecule has 0 aliphatic heterocycles. The van der Waals surface area contributed by atoms with Gasteiger partial charge in [0.25, 0.3) is 0 Å². The summed E-state index contributed by atoms with van der Waals surface area (Å²) < 4.78 is 5.34. The summed E-state index contributed by atoms with van der Waals surface area (Å²) in [6.07, 6.45) is 2.18. The summed E-state index contributed by atoms with van der Waals surface area (Å²) in [7, 11) is 1.60. The molecule has 0 aliphatic carbocycles. The lowest BCUT2D eigenvalue weighted by molar-refractivity contribution is 0.416. The number of aryl methyl sites for hydroxylation is 1. The van der Waals surface area contributed by atoms with Crippen molar-refractivity contribution in [1.82, 2.24) is 9.97 Å². The van der Waals surface area contributed by atoms with Crippen molar-refractivity contribution in [2.75, 3.05) is 18.2 Å². The Kier molecular flexibility index (Phi) is 4.29. The molecule has 0 amide bonds. The smallest absolute Gasteiger partial charge is 0.143 e. The number of nitrogen functional groups attached to an aromatic ring is 1. The van der Waals surface area contributed by atoms with E-state index in [1.54, 1.807) is 13.2 Å². The summed E-state index contributed by atoms with van der Waals surface area (Å²) >= 11 is 6.10. The lowest BCUT2D eigenvalue weighted by Gasteiger charge is -2.15. The monoisotopic (exact) mass is 292 g/mol. The van der Waals surface area contributed by atoms with Gasteiger partial charge in [0, 0.05) is 16.7 Å². The molecule has 2 rings (SSSR count). The molecule has 0 fully saturated rings. The van der Waals surface area contributed by atoms with Gasteiger partial charge in [-0.3, -0.25) is 0 Å². The number of anilines is 3. The molecule has 20 heavy (non-hydrogen) atoms. The Bertz CT molecular complexity index is 631. The average molecular weight is 293 g/mol. The van der Waals surface area contributed by atoms with E-state index in [0.29, 0.717) is 22.4 Å². The standard InChI is InChI=1S/C14H17ClN4O/c1-4-9-13(16)17-7-18-14(9)19-11-5-8(2)10(15)6-12(11)20-3/h5-7H,4H2,1-3H3,(H3,16,17,18,19). The molecule has 1 heterocycles. The van der Waals surface area contributed by atoms with Gasteiger partial charge in [-0.2, -0.15) is 0 Å². The molecule has 0 saturated carbocycles. The van der Waals surface area contributed by atoms with Crippen LogP contribution in [-0.2, 0) is 6.42 Å². The fraction of sp³-hybridized carbons (Fsp3) is 0.286. The molecule has 106 valence electrons. The summed E-state index contributed by atoms with van der Waals surface area (Å²) in [6.45, 7) is 3.94. The van der Waals surface area contributed by atoms with Gasteiger partial charge in [-0.15, -0.1) is 0 Å². The van der Waals surface area contributed by atoms with Crippen LogP contribution >= 0.6 is 11.6 Å². The first kappa shape index (κ1) is 14.4. The second-order valence-corrected chi connectivity index (χ2v) is 4.77. The number of nitrogens with one attached hydrogen (secondary N) is 1. The molecule has 0 saturated heterocycles. The molecule has 0 aliphatic rings. The summed E-state index contributed by atoms with van der Waals surface area (Å²) in [5.74, 6) is 1.81. The van der Waals surface area contributed by atoms with Gasteiger partial charge < -0.3 is 15.8 Å². The zero-order chi connectivity index (χ0) is 14.7. The van der Waals surface area contributed by atoms with E-state index in [1.807, 2.05) is 19.9 Å². The van der Waals surface area contributed by atoms with Crippen molar-refractivity contribution in [2.45, 2.75) is 20.3 Å². The number of aromatic nitrogens is 2. The number of benzene rings is 1. The van der Waals surface area contributed by atoms with E-state index in [0.717, 1.165) is 23.2 Å². The number of hydrogen-bond donors (Lipinski definition) is 2. The molecule has 3 N–H and O–H groups in total. The number of methoxy groups -OCH3 is 1. The first-order chi connectivity index (χ1) is 9.56. The minimum Gasteiger partial charge on any atom is -0.495 e. The molecule has 0 bridgehead atoms. The highest BCUT2D eigenvalue weighted by molar-refractivity contribution is 6.31. The molecule has 0 radical (unpaired) electrons. The highest BCUT2D eigenvalue weighted by Crippen LogP contribution is 2.33. The molecule has 0 atom stereocenters. The first-order valence-corrected chi connectivity index (χ1v) is 6.65. The van der Waals surface area contributed by atoms with Crippen LogP contribution < -0.4 is 15.8 Å². The molecule has 0 unspecified atom stereocenters. The maximum absolute atomic E-state index is 6.10. The van der Waals surface area contributed by atoms with Gasteiger partial charge in [-0.25, -0.2) is 9.97 Å². The van der Waals surface area contributed by atoms with E-state index in [2.05, 4.69) is 15.3 Å². The molecule has 1 aromatic heterocycles. The lowest BCUT2D eigenvalue weighted by atomic mass is 10.1. The normalized spacial score (nSPS) is 10.4. The van der Waals surface area contributed by atoms with Crippen LogP contribution in [0.1, 0.15) is 18.1 Å². The van der Waals surface area contributed by atoms with Crippen molar-refractivity contribution in [3.05, 3.63) is 34.6 Å². The molecule has 0 spiro atoms. The molecular weight excluding hydrogens is 276 g/mol. The predicted octanol–water partition coefficient (Wildman–Crippen LogP) is 3.34. The number of rotatable bonds is 4. The van der Waals surface area contributed by atoms with Crippen LogP contribution in [0.25, 0.3) is 0 Å². The van der Waals surface area contributed by atoms with Crippen molar-refractivity contribution in [3.63, 3.8) is 0 Å². The van der Waals surface area contributed by atoms with Crippen LogP contribution in [0.4, 0.5) is 17.3 Å². The van der Waals surface area contributed by atoms with Gasteiger partial charge >= 0.3 is 0 Å². The lowest BCUT2D eigenvalue weighted by Crippen LogP contribution is -2.05. The Labute approximate surface area is 123 Å². The zero-order valence-corrected chi connectivity index (χ0v) is 12.5. The second-order valence-electron chi connectivity index (χ2n) is 4.37. The Hall–Kier alpha value is -2.01. The van der Waals surface area contributed by atoms with Gasteiger partial charge in [0.05, 0.1) is 12.8 Å². The minimum absolute atomic E-state index is 0.481. The topological polar surface area (TPSA) is 73.1 Å². The van der Waals surface area contributed by atoms with Crippen molar-refractivity contribution in [3.8, 4) is 5.75 Å². The summed E-state index contributed by atoms with van der Waals surface area (Å²) in [4.78, 5) is 8.24. The summed E-state index contributed by atoms with van der Waals surface area (Å²) in [5.41, 5.74) is 8.49. The van der Waals surface area contributed by atoms with E-state index in [-0.39, 0.29) is 0 Å². The molecule has 6 heteroatoms. The average Bonchev–Trinajstić information content (AvgIpc) is 2.43. The Morgan fingerprint density at radius 1 is 1.35 bits per heavy atom. The summed E-state index contributed by atoms with van der Waals surface area (Å²) in [5, 5.41) is 3.89. The van der Waals surface area contributed by atoms with E-state index >= 15 is 0 Å². The molecule has 1 aromatic carbocycles. The zero-order valence-electron chi connectivity index (χ0n) is 11.7. The van der Waals surface area contributed by atoms with E-state index in [4.69, 9.17) is 22.1 Å². The van der Waals surface area contributed by atoms with Gasteiger partial charge in [-0.05, 0) is 25.0 Å². The SMILES string of the molecule is CCc1c(N)ncnc1Nc1cc(C)c(Cl)cc1OC. The maximum atomic E-state index is 6.10. The number of ether oxygens (including phenoxy) is 1.